The van der Waals surface area contributed by atoms with Gasteiger partial charge in [0, 0.05) is 17.0 Å². The third-order valence-corrected chi connectivity index (χ3v) is 4.14. The summed E-state index contributed by atoms with van der Waals surface area (Å²) < 4.78 is 27.9. The van der Waals surface area contributed by atoms with Gasteiger partial charge in [-0.15, -0.1) is 0 Å². The van der Waals surface area contributed by atoms with Crippen LogP contribution in [0.1, 0.15) is 45.1 Å². The van der Waals surface area contributed by atoms with E-state index < -0.39 is 17.0 Å². The lowest BCUT2D eigenvalue weighted by atomic mass is 9.59. The minimum absolute atomic E-state index is 0.169. The average molecular weight is 253 g/mol. The molecule has 0 spiro atoms. The Kier molecular flexibility index (Phi) is 3.71. The summed E-state index contributed by atoms with van der Waals surface area (Å²) in [6, 6.07) is 3.91. The molecule has 1 atom stereocenters. The zero-order valence-corrected chi connectivity index (χ0v) is 11.0. The smallest absolute Gasteiger partial charge is 0.129 e. The van der Waals surface area contributed by atoms with Crippen LogP contribution < -0.4 is 5.73 Å². The van der Waals surface area contributed by atoms with E-state index in [9.17, 15) is 8.78 Å². The Morgan fingerprint density at radius 3 is 2.17 bits per heavy atom. The zero-order valence-electron chi connectivity index (χ0n) is 11.0. The van der Waals surface area contributed by atoms with Crippen LogP contribution in [-0.4, -0.2) is 6.04 Å². The molecule has 0 bridgehead atoms. The molecule has 1 aromatic rings. The van der Waals surface area contributed by atoms with E-state index in [1.165, 1.54) is 18.2 Å². The van der Waals surface area contributed by atoms with Crippen LogP contribution in [0.2, 0.25) is 0 Å². The molecule has 0 aromatic heterocycles. The Morgan fingerprint density at radius 2 is 1.78 bits per heavy atom. The standard InChI is InChI=1S/C15H21F2N/c1-10(2)9-13(18)15(7-4-8-15)14-11(16)5-3-6-12(14)17/h3,5-6,10,13H,4,7-9,18H2,1-2H3. The van der Waals surface area contributed by atoms with Crippen molar-refractivity contribution < 1.29 is 8.78 Å². The van der Waals surface area contributed by atoms with Crippen LogP contribution in [0.15, 0.2) is 18.2 Å². The molecule has 1 aromatic carbocycles. The van der Waals surface area contributed by atoms with Crippen LogP contribution in [0.5, 0.6) is 0 Å². The molecular weight excluding hydrogens is 232 g/mol. The van der Waals surface area contributed by atoms with E-state index in [0.29, 0.717) is 5.92 Å². The van der Waals surface area contributed by atoms with E-state index in [-0.39, 0.29) is 11.6 Å². The summed E-state index contributed by atoms with van der Waals surface area (Å²) in [6.45, 7) is 4.17. The Bertz CT molecular complexity index is 404. The van der Waals surface area contributed by atoms with Crippen LogP contribution in [0.4, 0.5) is 8.78 Å². The van der Waals surface area contributed by atoms with Gasteiger partial charge in [-0.1, -0.05) is 26.3 Å². The quantitative estimate of drug-likeness (QED) is 0.868. The Labute approximate surface area is 107 Å². The normalized spacial score (nSPS) is 19.7. The van der Waals surface area contributed by atoms with Crippen LogP contribution in [0.3, 0.4) is 0 Å². The van der Waals surface area contributed by atoms with Crippen molar-refractivity contribution in [3.8, 4) is 0 Å². The van der Waals surface area contributed by atoms with Crippen molar-refractivity contribution in [3.05, 3.63) is 35.4 Å². The highest BCUT2D eigenvalue weighted by atomic mass is 19.1. The number of halogens is 2. The van der Waals surface area contributed by atoms with Crippen molar-refractivity contribution in [2.45, 2.75) is 51.0 Å². The van der Waals surface area contributed by atoms with E-state index in [4.69, 9.17) is 5.73 Å². The van der Waals surface area contributed by atoms with E-state index in [0.717, 1.165) is 25.7 Å². The summed E-state index contributed by atoms with van der Waals surface area (Å²) in [5, 5.41) is 0. The predicted molar refractivity (Wildman–Crippen MR) is 69.3 cm³/mol. The van der Waals surface area contributed by atoms with Gasteiger partial charge >= 0.3 is 0 Å². The first-order valence-corrected chi connectivity index (χ1v) is 6.67. The maximum atomic E-state index is 14.0. The minimum atomic E-state index is -0.486. The topological polar surface area (TPSA) is 26.0 Å². The van der Waals surface area contributed by atoms with Crippen molar-refractivity contribution in [1.29, 1.82) is 0 Å². The molecule has 2 rings (SSSR count). The largest absolute Gasteiger partial charge is 0.327 e. The number of hydrogen-bond donors (Lipinski definition) is 1. The summed E-state index contributed by atoms with van der Waals surface area (Å²) >= 11 is 0. The fraction of sp³-hybridized carbons (Fsp3) is 0.600. The van der Waals surface area contributed by atoms with Gasteiger partial charge in [-0.25, -0.2) is 8.78 Å². The summed E-state index contributed by atoms with van der Waals surface area (Å²) in [5.74, 6) is -0.463. The highest BCUT2D eigenvalue weighted by Crippen LogP contribution is 2.48. The number of hydrogen-bond acceptors (Lipinski definition) is 1. The lowest BCUT2D eigenvalue weighted by molar-refractivity contribution is 0.166. The maximum absolute atomic E-state index is 14.0. The first kappa shape index (κ1) is 13.5. The highest BCUT2D eigenvalue weighted by molar-refractivity contribution is 5.33. The van der Waals surface area contributed by atoms with E-state index in [1.54, 1.807) is 0 Å². The molecule has 0 amide bonds. The third kappa shape index (κ3) is 2.16. The first-order chi connectivity index (χ1) is 8.47. The predicted octanol–water partition coefficient (Wildman–Crippen LogP) is 3.76. The van der Waals surface area contributed by atoms with E-state index in [2.05, 4.69) is 13.8 Å². The van der Waals surface area contributed by atoms with Gasteiger partial charge < -0.3 is 5.73 Å². The van der Waals surface area contributed by atoms with Gasteiger partial charge in [0.05, 0.1) is 0 Å². The average Bonchev–Trinajstić information content (AvgIpc) is 2.19. The molecule has 0 aliphatic heterocycles. The molecular formula is C15H21F2N. The fourth-order valence-corrected chi connectivity index (χ4v) is 3.07. The second-order valence-corrected chi connectivity index (χ2v) is 5.84. The molecule has 1 aliphatic carbocycles. The van der Waals surface area contributed by atoms with Gasteiger partial charge in [-0.2, -0.15) is 0 Å². The molecule has 100 valence electrons. The molecule has 1 aliphatic rings. The van der Waals surface area contributed by atoms with Gasteiger partial charge in [0.1, 0.15) is 11.6 Å². The second-order valence-electron chi connectivity index (χ2n) is 5.84. The van der Waals surface area contributed by atoms with E-state index >= 15 is 0 Å². The first-order valence-electron chi connectivity index (χ1n) is 6.67. The molecule has 3 heteroatoms. The van der Waals surface area contributed by atoms with Crippen molar-refractivity contribution >= 4 is 0 Å². The summed E-state index contributed by atoms with van der Waals surface area (Å²) in [7, 11) is 0. The molecule has 0 saturated heterocycles. The highest BCUT2D eigenvalue weighted by Gasteiger charge is 2.47. The van der Waals surface area contributed by atoms with Crippen LogP contribution in [0.25, 0.3) is 0 Å². The van der Waals surface area contributed by atoms with Gasteiger partial charge in [-0.3, -0.25) is 0 Å². The molecule has 0 radical (unpaired) electrons. The number of nitrogens with two attached hydrogens (primary N) is 1. The molecule has 18 heavy (non-hydrogen) atoms. The maximum Gasteiger partial charge on any atom is 0.129 e. The van der Waals surface area contributed by atoms with Gasteiger partial charge in [0.15, 0.2) is 0 Å². The summed E-state index contributed by atoms with van der Waals surface area (Å²) in [4.78, 5) is 0. The van der Waals surface area contributed by atoms with Crippen LogP contribution in [0, 0.1) is 17.6 Å². The van der Waals surface area contributed by atoms with Gasteiger partial charge in [-0.05, 0) is 37.3 Å². The van der Waals surface area contributed by atoms with Crippen LogP contribution in [-0.2, 0) is 5.41 Å². The monoisotopic (exact) mass is 253 g/mol. The van der Waals surface area contributed by atoms with Crippen molar-refractivity contribution in [1.82, 2.24) is 0 Å². The Morgan fingerprint density at radius 1 is 1.22 bits per heavy atom. The van der Waals surface area contributed by atoms with E-state index in [1.807, 2.05) is 0 Å². The Balaban J connectivity index is 2.38. The fourth-order valence-electron chi connectivity index (χ4n) is 3.07. The minimum Gasteiger partial charge on any atom is -0.327 e. The van der Waals surface area contributed by atoms with Crippen molar-refractivity contribution in [2.75, 3.05) is 0 Å². The molecule has 2 N–H and O–H groups in total. The molecule has 1 saturated carbocycles. The van der Waals surface area contributed by atoms with Gasteiger partial charge in [0.25, 0.3) is 0 Å². The number of rotatable bonds is 4. The second kappa shape index (κ2) is 4.96. The van der Waals surface area contributed by atoms with Crippen molar-refractivity contribution in [3.63, 3.8) is 0 Å². The lowest BCUT2D eigenvalue weighted by Crippen LogP contribution is -2.52. The summed E-state index contributed by atoms with van der Waals surface area (Å²) in [5.41, 5.74) is 5.98. The lowest BCUT2D eigenvalue weighted by Gasteiger charge is -2.47. The van der Waals surface area contributed by atoms with Crippen molar-refractivity contribution in [2.24, 2.45) is 11.7 Å². The molecule has 0 heterocycles. The van der Waals surface area contributed by atoms with Crippen LogP contribution >= 0.6 is 0 Å². The van der Waals surface area contributed by atoms with Gasteiger partial charge in [0.2, 0.25) is 0 Å². The summed E-state index contributed by atoms with van der Waals surface area (Å²) in [6.07, 6.45) is 3.38. The molecule has 1 unspecified atom stereocenters. The number of benzene rings is 1. The molecule has 1 nitrogen and oxygen atoms in total. The Hall–Kier alpha value is -0.960. The SMILES string of the molecule is CC(C)CC(N)C1(c2c(F)cccc2F)CCC1. The molecule has 1 fully saturated rings. The zero-order chi connectivity index (χ0) is 13.3. The third-order valence-electron chi connectivity index (χ3n) is 4.14.